The van der Waals surface area contributed by atoms with E-state index < -0.39 is 10.0 Å². The van der Waals surface area contributed by atoms with E-state index in [1.165, 1.54) is 6.20 Å². The highest BCUT2D eigenvalue weighted by Gasteiger charge is 2.33. The second-order valence-electron chi connectivity index (χ2n) is 8.91. The number of aromatic nitrogens is 3. The molecule has 0 bridgehead atoms. The van der Waals surface area contributed by atoms with Crippen LogP contribution in [0.15, 0.2) is 84.2 Å². The maximum atomic E-state index is 13.8. The third kappa shape index (κ3) is 5.51. The van der Waals surface area contributed by atoms with E-state index in [2.05, 4.69) is 31.2 Å². The molecule has 0 spiro atoms. The van der Waals surface area contributed by atoms with Gasteiger partial charge in [-0.3, -0.25) is 4.98 Å². The molecule has 5 rings (SSSR count). The number of hydrogen-bond donors (Lipinski definition) is 2. The van der Waals surface area contributed by atoms with E-state index in [9.17, 15) is 8.42 Å². The van der Waals surface area contributed by atoms with Gasteiger partial charge < -0.3 is 11.1 Å². The number of hydrogen-bond acceptors (Lipinski definition) is 7. The molecule has 2 aromatic heterocycles. The van der Waals surface area contributed by atoms with Crippen molar-refractivity contribution in [3.8, 4) is 0 Å². The molecule has 10 heteroatoms. The number of fused-ring (bicyclic) bond motifs is 1. The predicted octanol–water partition coefficient (Wildman–Crippen LogP) is 4.86. The highest BCUT2D eigenvalue weighted by atomic mass is 79.9. The van der Waals surface area contributed by atoms with Crippen molar-refractivity contribution in [3.05, 3.63) is 96.3 Å². The van der Waals surface area contributed by atoms with Crippen molar-refractivity contribution in [3.63, 3.8) is 0 Å². The lowest BCUT2D eigenvalue weighted by Gasteiger charge is -2.32. The molecule has 0 aliphatic carbocycles. The number of benzene rings is 2. The Bertz CT molecular complexity index is 1540. The van der Waals surface area contributed by atoms with Crippen molar-refractivity contribution in [1.82, 2.24) is 19.3 Å². The molecular weight excluding hydrogens is 552 g/mol. The van der Waals surface area contributed by atoms with Gasteiger partial charge in [0.05, 0.1) is 15.1 Å². The van der Waals surface area contributed by atoms with Gasteiger partial charge in [0, 0.05) is 55.6 Å². The topological polar surface area (TPSA) is 114 Å². The van der Waals surface area contributed by atoms with Gasteiger partial charge in [-0.1, -0.05) is 42.5 Å². The Morgan fingerprint density at radius 3 is 2.78 bits per heavy atom. The molecule has 190 valence electrons. The van der Waals surface area contributed by atoms with Crippen molar-refractivity contribution >= 4 is 47.0 Å². The second kappa shape index (κ2) is 11.0. The van der Waals surface area contributed by atoms with E-state index in [-0.39, 0.29) is 5.92 Å². The average molecular weight is 580 g/mol. The fourth-order valence-electron chi connectivity index (χ4n) is 4.60. The van der Waals surface area contributed by atoms with Gasteiger partial charge in [-0.15, -0.1) is 0 Å². The number of piperidine rings is 1. The van der Waals surface area contributed by atoms with Crippen molar-refractivity contribution in [1.29, 1.82) is 0 Å². The highest BCUT2D eigenvalue weighted by Crippen LogP contribution is 2.33. The van der Waals surface area contributed by atoms with Gasteiger partial charge in [0.2, 0.25) is 10.0 Å². The Balaban J connectivity index is 1.44. The summed E-state index contributed by atoms with van der Waals surface area (Å²) in [4.78, 5) is 13.8. The molecule has 1 fully saturated rings. The van der Waals surface area contributed by atoms with Crippen LogP contribution in [0.2, 0.25) is 0 Å². The summed E-state index contributed by atoms with van der Waals surface area (Å²) in [5.41, 5.74) is 7.52. The molecule has 0 radical (unpaired) electrons. The van der Waals surface area contributed by atoms with Gasteiger partial charge in [-0.25, -0.2) is 18.4 Å². The van der Waals surface area contributed by atoms with Crippen LogP contribution in [-0.4, -0.2) is 40.8 Å². The van der Waals surface area contributed by atoms with Crippen molar-refractivity contribution in [2.45, 2.75) is 30.2 Å². The first-order valence-electron chi connectivity index (χ1n) is 12.0. The Morgan fingerprint density at radius 2 is 1.97 bits per heavy atom. The van der Waals surface area contributed by atoms with E-state index in [1.54, 1.807) is 28.8 Å². The summed E-state index contributed by atoms with van der Waals surface area (Å²) in [7, 11) is -3.69. The summed E-state index contributed by atoms with van der Waals surface area (Å²) in [6, 6.07) is 18.7. The summed E-state index contributed by atoms with van der Waals surface area (Å²) in [6.07, 6.45) is 6.49. The van der Waals surface area contributed by atoms with E-state index in [4.69, 9.17) is 10.7 Å². The van der Waals surface area contributed by atoms with Crippen molar-refractivity contribution in [2.24, 2.45) is 5.73 Å². The lowest BCUT2D eigenvalue weighted by atomic mass is 9.96. The molecular formula is C27H27BrN6O2S. The molecule has 1 saturated heterocycles. The summed E-state index contributed by atoms with van der Waals surface area (Å²) in [5.74, 6) is 0.997. The normalized spacial score (nSPS) is 17.1. The standard InChI is InChI=1S/C27H27BrN6O2S/c28-23(15-29)27-32-24(14-26(33-27)31-17-19-6-4-12-30-16-19)21-9-5-13-34(18-21)37(35,36)25-11-3-8-20-7-1-2-10-22(20)25/h1-4,6-8,10-12,14-16,21H,5,9,13,17-18,29H2,(H,31,32,33). The molecule has 3 N–H and O–H groups in total. The number of nitrogens with zero attached hydrogens (tertiary/aromatic N) is 4. The quantitative estimate of drug-likeness (QED) is 0.322. The van der Waals surface area contributed by atoms with Crippen LogP contribution < -0.4 is 11.1 Å². The van der Waals surface area contributed by atoms with Crippen LogP contribution in [-0.2, 0) is 16.6 Å². The molecule has 3 heterocycles. The monoisotopic (exact) mass is 578 g/mol. The first kappa shape index (κ1) is 25.3. The molecule has 1 aliphatic heterocycles. The zero-order valence-electron chi connectivity index (χ0n) is 20.1. The molecule has 0 saturated carbocycles. The van der Waals surface area contributed by atoms with Crippen molar-refractivity contribution in [2.75, 3.05) is 18.4 Å². The summed E-state index contributed by atoms with van der Waals surface area (Å²) in [6.45, 7) is 1.35. The van der Waals surface area contributed by atoms with Crippen LogP contribution >= 0.6 is 15.9 Å². The van der Waals surface area contributed by atoms with Crippen LogP contribution in [0.1, 0.15) is 35.8 Å². The first-order chi connectivity index (χ1) is 18.0. The van der Waals surface area contributed by atoms with Crippen molar-refractivity contribution < 1.29 is 8.42 Å². The number of halogens is 1. The van der Waals surface area contributed by atoms with Crippen LogP contribution in [0.3, 0.4) is 0 Å². The lowest BCUT2D eigenvalue weighted by Crippen LogP contribution is -2.39. The molecule has 2 aromatic carbocycles. The number of rotatable bonds is 7. The fraction of sp³-hybridized carbons (Fsp3) is 0.222. The molecule has 4 aromatic rings. The second-order valence-corrected chi connectivity index (χ2v) is 11.7. The maximum Gasteiger partial charge on any atom is 0.243 e. The molecule has 0 amide bonds. The molecule has 1 atom stereocenters. The largest absolute Gasteiger partial charge is 0.404 e. The third-order valence-corrected chi connectivity index (χ3v) is 9.01. The maximum absolute atomic E-state index is 13.8. The Morgan fingerprint density at radius 1 is 1.14 bits per heavy atom. The first-order valence-corrected chi connectivity index (χ1v) is 14.3. The highest BCUT2D eigenvalue weighted by molar-refractivity contribution is 9.15. The van der Waals surface area contributed by atoms with Crippen LogP contribution in [0, 0.1) is 0 Å². The van der Waals surface area contributed by atoms with E-state index in [1.807, 2.05) is 48.5 Å². The van der Waals surface area contributed by atoms with Gasteiger partial charge in [0.25, 0.3) is 0 Å². The van der Waals surface area contributed by atoms with Gasteiger partial charge in [0.15, 0.2) is 5.82 Å². The average Bonchev–Trinajstić information content (AvgIpc) is 2.95. The minimum Gasteiger partial charge on any atom is -0.404 e. The van der Waals surface area contributed by atoms with E-state index in [0.717, 1.165) is 34.9 Å². The Labute approximate surface area is 224 Å². The number of nitrogens with one attached hydrogen (secondary N) is 1. The minimum absolute atomic E-state index is 0.0859. The summed E-state index contributed by atoms with van der Waals surface area (Å²) >= 11 is 3.44. The molecule has 8 nitrogen and oxygen atoms in total. The van der Waals surface area contributed by atoms with Gasteiger partial charge >= 0.3 is 0 Å². The molecule has 37 heavy (non-hydrogen) atoms. The van der Waals surface area contributed by atoms with Crippen LogP contribution in [0.5, 0.6) is 0 Å². The number of sulfonamides is 1. The van der Waals surface area contributed by atoms with Gasteiger partial charge in [-0.05, 0) is 51.9 Å². The number of anilines is 1. The molecule has 1 aliphatic rings. The SMILES string of the molecule is NC=C(Br)c1nc(NCc2cccnc2)cc(C2CCCN(S(=O)(=O)c3cccc4ccccc34)C2)n1. The minimum atomic E-state index is -3.69. The number of nitrogens with two attached hydrogens (primary N) is 1. The zero-order valence-corrected chi connectivity index (χ0v) is 22.5. The smallest absolute Gasteiger partial charge is 0.243 e. The van der Waals surface area contributed by atoms with E-state index >= 15 is 0 Å². The Kier molecular flexibility index (Phi) is 7.50. The Hall–Kier alpha value is -3.34. The van der Waals surface area contributed by atoms with Gasteiger partial charge in [-0.2, -0.15) is 4.31 Å². The summed E-state index contributed by atoms with van der Waals surface area (Å²) in [5, 5.41) is 4.97. The van der Waals surface area contributed by atoms with Gasteiger partial charge in [0.1, 0.15) is 5.82 Å². The fourth-order valence-corrected chi connectivity index (χ4v) is 6.52. The van der Waals surface area contributed by atoms with Crippen LogP contribution in [0.4, 0.5) is 5.82 Å². The van der Waals surface area contributed by atoms with Crippen LogP contribution in [0.25, 0.3) is 15.3 Å². The van der Waals surface area contributed by atoms with E-state index in [0.29, 0.717) is 40.7 Å². The predicted molar refractivity (Wildman–Crippen MR) is 149 cm³/mol. The summed E-state index contributed by atoms with van der Waals surface area (Å²) < 4.78 is 29.7. The zero-order chi connectivity index (χ0) is 25.8. The molecule has 1 unspecified atom stereocenters. The number of pyridine rings is 1. The lowest BCUT2D eigenvalue weighted by molar-refractivity contribution is 0.312. The third-order valence-electron chi connectivity index (χ3n) is 6.47.